The minimum absolute atomic E-state index is 0.190. The molecule has 0 saturated carbocycles. The van der Waals surface area contributed by atoms with Gasteiger partial charge in [0.25, 0.3) is 0 Å². The molecule has 102 valence electrons. The molecule has 0 aliphatic rings. The lowest BCUT2D eigenvalue weighted by Crippen LogP contribution is -2.23. The topological polar surface area (TPSA) is 20.3 Å². The van der Waals surface area contributed by atoms with Crippen molar-refractivity contribution in [3.05, 3.63) is 29.8 Å². The van der Waals surface area contributed by atoms with Crippen molar-refractivity contribution in [1.82, 2.24) is 0 Å². The van der Waals surface area contributed by atoms with Crippen molar-refractivity contribution < 1.29 is 4.79 Å². The van der Waals surface area contributed by atoms with Crippen molar-refractivity contribution in [2.75, 3.05) is 24.7 Å². The summed E-state index contributed by atoms with van der Waals surface area (Å²) in [6.45, 7) is 8.81. The third-order valence-corrected chi connectivity index (χ3v) is 3.18. The number of nitrogens with zero attached hydrogens (tertiary/aromatic N) is 1. The van der Waals surface area contributed by atoms with Crippen LogP contribution in [0, 0.1) is 0 Å². The maximum absolute atomic E-state index is 11.3. The smallest absolute Gasteiger partial charge is 0.207 e. The zero-order valence-electron chi connectivity index (χ0n) is 12.4. The van der Waals surface area contributed by atoms with Crippen LogP contribution in [-0.2, 0) is 4.79 Å². The van der Waals surface area contributed by atoms with Gasteiger partial charge in [-0.25, -0.2) is 0 Å². The van der Waals surface area contributed by atoms with E-state index in [1.54, 1.807) is 0 Å². The largest absolute Gasteiger partial charge is 0.366 e. The second-order valence-corrected chi connectivity index (χ2v) is 5.04. The van der Waals surface area contributed by atoms with E-state index in [0.717, 1.165) is 5.69 Å². The maximum Gasteiger partial charge on any atom is 0.207 e. The summed E-state index contributed by atoms with van der Waals surface area (Å²) in [5.41, 5.74) is 2.42. The first-order valence-electron chi connectivity index (χ1n) is 6.42. The predicted octanol–water partition coefficient (Wildman–Crippen LogP) is 4.16. The molecule has 0 aliphatic carbocycles. The second-order valence-electron chi connectivity index (χ2n) is 4.18. The normalized spacial score (nSPS) is 9.72. The lowest BCUT2D eigenvalue weighted by Gasteiger charge is -2.18. The number of thioether (sulfide) groups is 1. The van der Waals surface area contributed by atoms with Gasteiger partial charge in [0.2, 0.25) is 5.12 Å². The van der Waals surface area contributed by atoms with Gasteiger partial charge in [-0.15, -0.1) is 0 Å². The van der Waals surface area contributed by atoms with Gasteiger partial charge >= 0.3 is 0 Å². The molecule has 0 fully saturated rings. The third-order valence-electron chi connectivity index (χ3n) is 2.59. The average molecular weight is 267 g/mol. The summed E-state index contributed by atoms with van der Waals surface area (Å²) in [5, 5.41) is 0.190. The van der Waals surface area contributed by atoms with Gasteiger partial charge in [-0.3, -0.25) is 4.79 Å². The van der Waals surface area contributed by atoms with Crippen LogP contribution in [0.15, 0.2) is 24.3 Å². The average Bonchev–Trinajstić information content (AvgIpc) is 2.40. The van der Waals surface area contributed by atoms with Crippen LogP contribution in [0.1, 0.15) is 39.2 Å². The summed E-state index contributed by atoms with van der Waals surface area (Å²) in [6.07, 6.45) is 1.82. The van der Waals surface area contributed by atoms with E-state index in [9.17, 15) is 4.79 Å². The Hall–Kier alpha value is -0.960. The molecule has 0 saturated heterocycles. The summed E-state index contributed by atoms with van der Waals surface area (Å²) in [6, 6.07) is 8.39. The Balaban J connectivity index is 0.00000137. The number of carbonyl (C=O) groups is 1. The van der Waals surface area contributed by atoms with Gasteiger partial charge in [0.1, 0.15) is 0 Å². The van der Waals surface area contributed by atoms with Gasteiger partial charge in [-0.05, 0) is 29.9 Å². The molecule has 0 aromatic heterocycles. The Bertz CT molecular complexity index is 346. The molecule has 0 spiro atoms. The molecule has 0 atom stereocenters. The van der Waals surface area contributed by atoms with Crippen LogP contribution in [0.2, 0.25) is 0 Å². The van der Waals surface area contributed by atoms with E-state index in [1.165, 1.54) is 17.3 Å². The molecule has 0 heterocycles. The van der Waals surface area contributed by atoms with E-state index in [4.69, 9.17) is 0 Å². The van der Waals surface area contributed by atoms with Gasteiger partial charge in [-0.2, -0.15) is 0 Å². The number of hydrogen-bond acceptors (Lipinski definition) is 3. The SMILES string of the molecule is CC.CSC(=O)CN(C)c1ccc(C(C)C)cc1. The minimum atomic E-state index is 0.190. The number of benzene rings is 1. The molecule has 0 aliphatic heterocycles. The van der Waals surface area contributed by atoms with Crippen molar-refractivity contribution >= 4 is 22.6 Å². The fourth-order valence-corrected chi connectivity index (χ4v) is 1.79. The molecular formula is C15H25NOS. The van der Waals surface area contributed by atoms with E-state index in [-0.39, 0.29) is 5.12 Å². The summed E-state index contributed by atoms with van der Waals surface area (Å²) in [5.74, 6) is 0.548. The molecule has 3 heteroatoms. The molecule has 0 radical (unpaired) electrons. The summed E-state index contributed by atoms with van der Waals surface area (Å²) < 4.78 is 0. The number of hydrogen-bond donors (Lipinski definition) is 0. The van der Waals surface area contributed by atoms with Crippen LogP contribution in [0.5, 0.6) is 0 Å². The first-order valence-corrected chi connectivity index (χ1v) is 7.65. The Labute approximate surface area is 116 Å². The summed E-state index contributed by atoms with van der Waals surface area (Å²) in [7, 11) is 1.94. The second kappa shape index (κ2) is 9.03. The number of carbonyl (C=O) groups excluding carboxylic acids is 1. The van der Waals surface area contributed by atoms with E-state index in [0.29, 0.717) is 12.5 Å². The van der Waals surface area contributed by atoms with E-state index >= 15 is 0 Å². The highest BCUT2D eigenvalue weighted by atomic mass is 32.2. The Kier molecular flexibility index (Phi) is 8.55. The summed E-state index contributed by atoms with van der Waals surface area (Å²) >= 11 is 1.28. The highest BCUT2D eigenvalue weighted by Gasteiger charge is 2.06. The highest BCUT2D eigenvalue weighted by Crippen LogP contribution is 2.19. The predicted molar refractivity (Wildman–Crippen MR) is 83.7 cm³/mol. The lowest BCUT2D eigenvalue weighted by molar-refractivity contribution is -0.109. The maximum atomic E-state index is 11.3. The number of rotatable bonds is 4. The van der Waals surface area contributed by atoms with Crippen molar-refractivity contribution in [2.24, 2.45) is 0 Å². The fraction of sp³-hybridized carbons (Fsp3) is 0.533. The molecule has 1 aromatic rings. The summed E-state index contributed by atoms with van der Waals surface area (Å²) in [4.78, 5) is 13.3. The Morgan fingerprint density at radius 3 is 2.11 bits per heavy atom. The van der Waals surface area contributed by atoms with Gasteiger partial charge in [-0.1, -0.05) is 51.6 Å². The van der Waals surface area contributed by atoms with E-state index in [2.05, 4.69) is 38.1 Å². The molecule has 0 N–H and O–H groups in total. The Morgan fingerprint density at radius 1 is 1.22 bits per heavy atom. The van der Waals surface area contributed by atoms with Crippen molar-refractivity contribution in [3.63, 3.8) is 0 Å². The first-order chi connectivity index (χ1) is 8.54. The lowest BCUT2D eigenvalue weighted by atomic mass is 10.0. The van der Waals surface area contributed by atoms with Gasteiger partial charge in [0.05, 0.1) is 6.54 Å². The van der Waals surface area contributed by atoms with Crippen molar-refractivity contribution in [1.29, 1.82) is 0 Å². The third kappa shape index (κ3) is 5.58. The van der Waals surface area contributed by atoms with Gasteiger partial charge < -0.3 is 4.90 Å². The molecular weight excluding hydrogens is 242 g/mol. The zero-order valence-corrected chi connectivity index (χ0v) is 13.2. The van der Waals surface area contributed by atoms with Gasteiger partial charge in [0.15, 0.2) is 0 Å². The molecule has 1 aromatic carbocycles. The van der Waals surface area contributed by atoms with Crippen LogP contribution >= 0.6 is 11.8 Å². The van der Waals surface area contributed by atoms with Crippen LogP contribution in [0.4, 0.5) is 5.69 Å². The van der Waals surface area contributed by atoms with Crippen LogP contribution < -0.4 is 4.90 Å². The number of likely N-dealkylation sites (N-methyl/N-ethyl adjacent to an activating group) is 1. The van der Waals surface area contributed by atoms with E-state index in [1.807, 2.05) is 32.1 Å². The first kappa shape index (κ1) is 17.0. The number of anilines is 1. The molecule has 0 unspecified atom stereocenters. The quantitative estimate of drug-likeness (QED) is 0.817. The fourth-order valence-electron chi connectivity index (χ4n) is 1.46. The standard InChI is InChI=1S/C13H19NOS.C2H6/c1-10(2)11-5-7-12(8-6-11)14(3)9-13(15)16-4;1-2/h5-8,10H,9H2,1-4H3;1-2H3. The van der Waals surface area contributed by atoms with Crippen LogP contribution in [0.25, 0.3) is 0 Å². The van der Waals surface area contributed by atoms with Gasteiger partial charge in [0, 0.05) is 12.7 Å². The van der Waals surface area contributed by atoms with Crippen LogP contribution in [0.3, 0.4) is 0 Å². The molecule has 18 heavy (non-hydrogen) atoms. The molecule has 0 amide bonds. The molecule has 0 bridgehead atoms. The Morgan fingerprint density at radius 2 is 1.72 bits per heavy atom. The monoisotopic (exact) mass is 267 g/mol. The van der Waals surface area contributed by atoms with Crippen molar-refractivity contribution in [3.8, 4) is 0 Å². The zero-order chi connectivity index (χ0) is 14.1. The highest BCUT2D eigenvalue weighted by molar-refractivity contribution is 8.13. The molecule has 1 rings (SSSR count). The minimum Gasteiger partial charge on any atom is -0.366 e. The van der Waals surface area contributed by atoms with Crippen LogP contribution in [-0.4, -0.2) is 25.0 Å². The van der Waals surface area contributed by atoms with Crippen molar-refractivity contribution in [2.45, 2.75) is 33.6 Å². The molecule has 2 nitrogen and oxygen atoms in total. The van der Waals surface area contributed by atoms with E-state index < -0.39 is 0 Å².